The lowest BCUT2D eigenvalue weighted by atomic mass is 10.1. The van der Waals surface area contributed by atoms with E-state index in [-0.39, 0.29) is 12.2 Å². The molecule has 0 saturated carbocycles. The van der Waals surface area contributed by atoms with Crippen molar-refractivity contribution in [3.8, 4) is 0 Å². The van der Waals surface area contributed by atoms with Gasteiger partial charge in [0, 0.05) is 17.3 Å². The molecule has 0 fully saturated rings. The van der Waals surface area contributed by atoms with Crippen LogP contribution in [0.1, 0.15) is 31.3 Å². The highest BCUT2D eigenvalue weighted by atomic mass is 16.6. The van der Waals surface area contributed by atoms with Gasteiger partial charge in [0.05, 0.1) is 17.4 Å². The van der Waals surface area contributed by atoms with Crippen LogP contribution in [0.15, 0.2) is 42.7 Å². The Bertz CT molecular complexity index is 990. The van der Waals surface area contributed by atoms with Gasteiger partial charge in [0.2, 0.25) is 0 Å². The molecule has 0 radical (unpaired) electrons. The number of hydrogen-bond acceptors (Lipinski definition) is 6. The summed E-state index contributed by atoms with van der Waals surface area (Å²) < 4.78 is 6.76. The molecule has 2 aromatic heterocycles. The number of fused-ring (bicyclic) bond motifs is 1. The first-order chi connectivity index (χ1) is 12.7. The van der Waals surface area contributed by atoms with Gasteiger partial charge in [-0.25, -0.2) is 0 Å². The van der Waals surface area contributed by atoms with Gasteiger partial charge in [-0.05, 0) is 51.1 Å². The van der Waals surface area contributed by atoms with Crippen molar-refractivity contribution in [1.29, 1.82) is 0 Å². The van der Waals surface area contributed by atoms with E-state index >= 15 is 0 Å². The third-order valence-electron chi connectivity index (χ3n) is 3.63. The Morgan fingerprint density at radius 3 is 2.63 bits per heavy atom. The number of rotatable bonds is 5. The lowest BCUT2D eigenvalue weighted by molar-refractivity contribution is -0.155. The quantitative estimate of drug-likeness (QED) is 0.670. The van der Waals surface area contributed by atoms with Gasteiger partial charge in [-0.2, -0.15) is 5.10 Å². The van der Waals surface area contributed by atoms with Gasteiger partial charge in [-0.15, -0.1) is 0 Å². The molecule has 0 atom stereocenters. The molecule has 8 heteroatoms. The van der Waals surface area contributed by atoms with E-state index in [1.807, 2.05) is 18.2 Å². The summed E-state index contributed by atoms with van der Waals surface area (Å²) in [5.74, 6) is -1.11. The van der Waals surface area contributed by atoms with E-state index in [1.54, 1.807) is 45.3 Å². The lowest BCUT2D eigenvalue weighted by Crippen LogP contribution is -2.27. The maximum Gasteiger partial charge on any atom is 0.328 e. The summed E-state index contributed by atoms with van der Waals surface area (Å²) in [7, 11) is 0. The average Bonchev–Trinajstić information content (AvgIpc) is 2.92. The molecule has 1 aromatic carbocycles. The van der Waals surface area contributed by atoms with Crippen LogP contribution in [0.5, 0.6) is 0 Å². The number of anilines is 2. The first kappa shape index (κ1) is 18.4. The summed E-state index contributed by atoms with van der Waals surface area (Å²) in [5, 5.41) is 7.96. The number of carbonyl (C=O) groups is 2. The Balaban J connectivity index is 1.95. The second-order valence-electron chi connectivity index (χ2n) is 7.06. The third-order valence-corrected chi connectivity index (χ3v) is 3.63. The van der Waals surface area contributed by atoms with Gasteiger partial charge in [-0.3, -0.25) is 19.3 Å². The molecule has 2 heterocycles. The fraction of sp³-hybridized carbons (Fsp3) is 0.263. The van der Waals surface area contributed by atoms with Crippen LogP contribution in [-0.4, -0.2) is 32.2 Å². The van der Waals surface area contributed by atoms with Gasteiger partial charge in [0.15, 0.2) is 5.69 Å². The second kappa shape index (κ2) is 7.06. The number of nitrogens with two attached hydrogens (primary N) is 1. The van der Waals surface area contributed by atoms with Gasteiger partial charge < -0.3 is 15.8 Å². The van der Waals surface area contributed by atoms with E-state index in [0.29, 0.717) is 10.9 Å². The summed E-state index contributed by atoms with van der Waals surface area (Å²) in [5.41, 5.74) is 7.13. The van der Waals surface area contributed by atoms with Crippen molar-refractivity contribution in [3.05, 3.63) is 48.4 Å². The summed E-state index contributed by atoms with van der Waals surface area (Å²) >= 11 is 0. The normalized spacial score (nSPS) is 11.4. The number of benzene rings is 1. The first-order valence-electron chi connectivity index (χ1n) is 8.42. The highest BCUT2D eigenvalue weighted by molar-refractivity contribution is 6.05. The summed E-state index contributed by atoms with van der Waals surface area (Å²) in [6, 6.07) is 9.05. The minimum Gasteiger partial charge on any atom is -0.459 e. The number of primary amides is 1. The fourth-order valence-electron chi connectivity index (χ4n) is 2.66. The van der Waals surface area contributed by atoms with E-state index in [0.717, 1.165) is 11.4 Å². The monoisotopic (exact) mass is 367 g/mol. The Labute approximate surface area is 156 Å². The topological polar surface area (TPSA) is 112 Å². The molecule has 3 rings (SSSR count). The van der Waals surface area contributed by atoms with Crippen LogP contribution in [0, 0.1) is 0 Å². The number of amides is 1. The molecule has 3 aromatic rings. The van der Waals surface area contributed by atoms with Crippen LogP contribution in [-0.2, 0) is 16.1 Å². The van der Waals surface area contributed by atoms with E-state index in [1.165, 1.54) is 4.68 Å². The Morgan fingerprint density at radius 2 is 2.00 bits per heavy atom. The number of aromatic nitrogens is 3. The largest absolute Gasteiger partial charge is 0.459 e. The number of pyridine rings is 1. The van der Waals surface area contributed by atoms with Crippen LogP contribution < -0.4 is 11.1 Å². The Morgan fingerprint density at radius 1 is 1.22 bits per heavy atom. The number of nitrogens with one attached hydrogen (secondary N) is 1. The van der Waals surface area contributed by atoms with Crippen LogP contribution in [0.25, 0.3) is 10.9 Å². The van der Waals surface area contributed by atoms with E-state index in [9.17, 15) is 9.59 Å². The second-order valence-corrected chi connectivity index (χ2v) is 7.06. The highest BCUT2D eigenvalue weighted by Gasteiger charge is 2.20. The Kier molecular flexibility index (Phi) is 4.81. The minimum absolute atomic E-state index is 0.100. The average molecular weight is 367 g/mol. The lowest BCUT2D eigenvalue weighted by Gasteiger charge is -2.19. The van der Waals surface area contributed by atoms with Crippen LogP contribution in [0.3, 0.4) is 0 Å². The van der Waals surface area contributed by atoms with Gasteiger partial charge in [-0.1, -0.05) is 0 Å². The number of hydrogen-bond donors (Lipinski definition) is 2. The maximum atomic E-state index is 12.1. The fourth-order valence-corrected chi connectivity index (χ4v) is 2.66. The predicted molar refractivity (Wildman–Crippen MR) is 102 cm³/mol. The van der Waals surface area contributed by atoms with E-state index < -0.39 is 17.5 Å². The van der Waals surface area contributed by atoms with Gasteiger partial charge in [0.1, 0.15) is 12.1 Å². The van der Waals surface area contributed by atoms with E-state index in [4.69, 9.17) is 10.5 Å². The van der Waals surface area contributed by atoms with Crippen molar-refractivity contribution < 1.29 is 14.3 Å². The smallest absolute Gasteiger partial charge is 0.328 e. The molecular formula is C19H21N5O3. The molecule has 8 nitrogen and oxygen atoms in total. The van der Waals surface area contributed by atoms with Crippen molar-refractivity contribution in [2.45, 2.75) is 32.9 Å². The standard InChI is InChI=1S/C19H21N5O3/c1-19(2,3)27-16(25)11-24-15-7-6-12(22-13-5-4-8-21-10-13)9-14(15)17(23-24)18(20)26/h4-10,22H,11H2,1-3H3,(H2,20,26). The summed E-state index contributed by atoms with van der Waals surface area (Å²) in [6.45, 7) is 5.25. The molecule has 0 bridgehead atoms. The first-order valence-corrected chi connectivity index (χ1v) is 8.42. The zero-order valence-electron chi connectivity index (χ0n) is 15.4. The molecule has 0 unspecified atom stereocenters. The number of carbonyl (C=O) groups excluding carboxylic acids is 2. The van der Waals surface area contributed by atoms with Crippen molar-refractivity contribution in [1.82, 2.24) is 14.8 Å². The van der Waals surface area contributed by atoms with Gasteiger partial charge in [0.25, 0.3) is 5.91 Å². The van der Waals surface area contributed by atoms with Crippen LogP contribution >= 0.6 is 0 Å². The molecule has 0 aliphatic rings. The summed E-state index contributed by atoms with van der Waals surface area (Å²) in [4.78, 5) is 28.0. The molecule has 3 N–H and O–H groups in total. The van der Waals surface area contributed by atoms with Gasteiger partial charge >= 0.3 is 5.97 Å². The van der Waals surface area contributed by atoms with Crippen molar-refractivity contribution in [2.75, 3.05) is 5.32 Å². The minimum atomic E-state index is -0.665. The maximum absolute atomic E-state index is 12.1. The molecule has 0 saturated heterocycles. The zero-order chi connectivity index (χ0) is 19.6. The number of ether oxygens (including phenoxy) is 1. The molecule has 140 valence electrons. The molecule has 27 heavy (non-hydrogen) atoms. The van der Waals surface area contributed by atoms with Crippen LogP contribution in [0.2, 0.25) is 0 Å². The van der Waals surface area contributed by atoms with Crippen LogP contribution in [0.4, 0.5) is 11.4 Å². The molecular weight excluding hydrogens is 346 g/mol. The predicted octanol–water partition coefficient (Wildman–Crippen LogP) is 2.62. The zero-order valence-corrected chi connectivity index (χ0v) is 15.4. The molecule has 1 amide bonds. The molecule has 0 spiro atoms. The SMILES string of the molecule is CC(C)(C)OC(=O)Cn1nc(C(N)=O)c2cc(Nc3cccnc3)ccc21. The number of nitrogens with zero attached hydrogens (tertiary/aromatic N) is 3. The highest BCUT2D eigenvalue weighted by Crippen LogP contribution is 2.25. The van der Waals surface area contributed by atoms with Crippen molar-refractivity contribution in [3.63, 3.8) is 0 Å². The Hall–Kier alpha value is -3.42. The number of esters is 1. The van der Waals surface area contributed by atoms with E-state index in [2.05, 4.69) is 15.4 Å². The van der Waals surface area contributed by atoms with Crippen molar-refractivity contribution in [2.24, 2.45) is 5.73 Å². The van der Waals surface area contributed by atoms with Crippen molar-refractivity contribution >= 4 is 34.2 Å². The molecule has 0 aliphatic carbocycles. The summed E-state index contributed by atoms with van der Waals surface area (Å²) in [6.07, 6.45) is 3.37. The molecule has 0 aliphatic heterocycles. The third kappa shape index (κ3) is 4.41.